The van der Waals surface area contributed by atoms with Crippen LogP contribution in [0.5, 0.6) is 0 Å². The minimum atomic E-state index is -0.550. The Balaban J connectivity index is 2.11. The Hall–Kier alpha value is -2.33. The van der Waals surface area contributed by atoms with Crippen molar-refractivity contribution in [1.82, 2.24) is 5.01 Å². The molecule has 1 heterocycles. The number of hydrazone groups is 1. The van der Waals surface area contributed by atoms with Crippen molar-refractivity contribution in [3.05, 3.63) is 70.7 Å². The quantitative estimate of drug-likeness (QED) is 0.907. The van der Waals surface area contributed by atoms with Gasteiger partial charge in [-0.05, 0) is 30.2 Å². The molecule has 2 aromatic rings. The maximum atomic E-state index is 11.6. The molecule has 0 saturated heterocycles. The lowest BCUT2D eigenvalue weighted by Crippen LogP contribution is -2.39. The highest BCUT2D eigenvalue weighted by Gasteiger charge is 2.42. The summed E-state index contributed by atoms with van der Waals surface area (Å²) in [5.74, 6) is 0. The lowest BCUT2D eigenvalue weighted by Gasteiger charge is -2.26. The second kappa shape index (κ2) is 5.46. The van der Waals surface area contributed by atoms with Crippen LogP contribution < -0.4 is 5.73 Å². The number of carbonyl (C=O) groups excluding carboxylic acids is 1. The van der Waals surface area contributed by atoms with Gasteiger partial charge in [-0.1, -0.05) is 54.1 Å². The van der Waals surface area contributed by atoms with E-state index in [1.54, 1.807) is 0 Å². The molecule has 0 aliphatic carbocycles. The Kier molecular flexibility index (Phi) is 3.62. The van der Waals surface area contributed by atoms with Crippen LogP contribution in [0.25, 0.3) is 0 Å². The molecule has 112 valence electrons. The van der Waals surface area contributed by atoms with E-state index < -0.39 is 11.4 Å². The van der Waals surface area contributed by atoms with E-state index in [1.807, 2.05) is 54.6 Å². The highest BCUT2D eigenvalue weighted by atomic mass is 35.5. The molecule has 4 nitrogen and oxygen atoms in total. The summed E-state index contributed by atoms with van der Waals surface area (Å²) in [4.78, 5) is 11.6. The third-order valence-corrected chi connectivity index (χ3v) is 4.24. The van der Waals surface area contributed by atoms with Gasteiger partial charge >= 0.3 is 6.03 Å². The van der Waals surface area contributed by atoms with Crippen LogP contribution in [-0.4, -0.2) is 23.3 Å². The van der Waals surface area contributed by atoms with Crippen LogP contribution >= 0.6 is 11.6 Å². The summed E-state index contributed by atoms with van der Waals surface area (Å²) in [7, 11) is 0. The van der Waals surface area contributed by atoms with Crippen LogP contribution in [0.4, 0.5) is 4.79 Å². The number of urea groups is 1. The van der Waals surface area contributed by atoms with E-state index in [-0.39, 0.29) is 0 Å². The molecule has 1 aliphatic heterocycles. The maximum absolute atomic E-state index is 11.6. The molecule has 5 heteroatoms. The molecule has 0 aromatic heterocycles. The molecule has 2 amide bonds. The normalized spacial score (nSPS) is 20.8. The highest BCUT2D eigenvalue weighted by Crippen LogP contribution is 2.35. The largest absolute Gasteiger partial charge is 0.350 e. The predicted octanol–water partition coefficient (Wildman–Crippen LogP) is 3.40. The molecular weight excluding hydrogens is 298 g/mol. The molecule has 0 bridgehead atoms. The van der Waals surface area contributed by atoms with Crippen molar-refractivity contribution in [2.45, 2.75) is 12.3 Å². The van der Waals surface area contributed by atoms with Crippen molar-refractivity contribution in [2.24, 2.45) is 10.8 Å². The van der Waals surface area contributed by atoms with E-state index in [1.165, 1.54) is 5.01 Å². The number of nitrogens with two attached hydrogens (primary N) is 1. The number of amides is 2. The molecule has 22 heavy (non-hydrogen) atoms. The minimum absolute atomic E-state index is 0.413. The number of rotatable bonds is 2. The van der Waals surface area contributed by atoms with Gasteiger partial charge in [-0.3, -0.25) is 0 Å². The standard InChI is InChI=1S/C17H16ClN3O/c1-17(13-5-3-2-4-6-13)11-21(16(19)22)20-15(17)12-7-9-14(18)10-8-12/h2-10H,11H2,1H3,(H2,19,22). The zero-order valence-electron chi connectivity index (χ0n) is 12.2. The zero-order valence-corrected chi connectivity index (χ0v) is 12.9. The summed E-state index contributed by atoms with van der Waals surface area (Å²) in [6, 6.07) is 16.9. The first-order valence-corrected chi connectivity index (χ1v) is 7.36. The van der Waals surface area contributed by atoms with Crippen LogP contribution in [0.15, 0.2) is 59.7 Å². The second-order valence-corrected chi connectivity index (χ2v) is 5.99. The molecule has 1 aliphatic rings. The lowest BCUT2D eigenvalue weighted by atomic mass is 9.76. The van der Waals surface area contributed by atoms with Gasteiger partial charge in [-0.2, -0.15) is 5.10 Å². The monoisotopic (exact) mass is 313 g/mol. The summed E-state index contributed by atoms with van der Waals surface area (Å²) in [6.45, 7) is 2.49. The molecule has 3 rings (SSSR count). The first-order valence-electron chi connectivity index (χ1n) is 6.98. The third-order valence-electron chi connectivity index (χ3n) is 3.99. The average Bonchev–Trinajstić information content (AvgIpc) is 2.88. The number of halogens is 1. The van der Waals surface area contributed by atoms with Crippen LogP contribution in [-0.2, 0) is 5.41 Å². The van der Waals surface area contributed by atoms with E-state index in [0.717, 1.165) is 16.8 Å². The second-order valence-electron chi connectivity index (χ2n) is 5.55. The number of benzene rings is 2. The van der Waals surface area contributed by atoms with Crippen LogP contribution in [0.2, 0.25) is 5.02 Å². The van der Waals surface area contributed by atoms with Crippen LogP contribution in [0.3, 0.4) is 0 Å². The molecular formula is C17H16ClN3O. The fourth-order valence-corrected chi connectivity index (χ4v) is 2.91. The van der Waals surface area contributed by atoms with Gasteiger partial charge in [0.2, 0.25) is 0 Å². The number of hydrogen-bond donors (Lipinski definition) is 1. The number of hydrogen-bond acceptors (Lipinski definition) is 2. The van der Waals surface area contributed by atoms with E-state index in [9.17, 15) is 4.79 Å². The molecule has 0 radical (unpaired) electrons. The van der Waals surface area contributed by atoms with Gasteiger partial charge in [0, 0.05) is 5.02 Å². The van der Waals surface area contributed by atoms with Crippen molar-refractivity contribution >= 4 is 23.3 Å². The van der Waals surface area contributed by atoms with E-state index in [2.05, 4.69) is 12.0 Å². The van der Waals surface area contributed by atoms with Gasteiger partial charge in [0.1, 0.15) is 0 Å². The van der Waals surface area contributed by atoms with Crippen LogP contribution in [0, 0.1) is 0 Å². The molecule has 2 N–H and O–H groups in total. The van der Waals surface area contributed by atoms with Gasteiger partial charge in [0.25, 0.3) is 0 Å². The van der Waals surface area contributed by atoms with Crippen molar-refractivity contribution in [1.29, 1.82) is 0 Å². The van der Waals surface area contributed by atoms with E-state index >= 15 is 0 Å². The Labute approximate surface area is 134 Å². The van der Waals surface area contributed by atoms with Gasteiger partial charge < -0.3 is 5.73 Å². The van der Waals surface area contributed by atoms with Crippen molar-refractivity contribution in [3.8, 4) is 0 Å². The highest BCUT2D eigenvalue weighted by molar-refractivity contribution is 6.30. The summed E-state index contributed by atoms with van der Waals surface area (Å²) < 4.78 is 0. The Morgan fingerprint density at radius 2 is 1.82 bits per heavy atom. The van der Waals surface area contributed by atoms with E-state index in [0.29, 0.717) is 11.6 Å². The Morgan fingerprint density at radius 3 is 2.41 bits per heavy atom. The number of nitrogens with zero attached hydrogens (tertiary/aromatic N) is 2. The predicted molar refractivity (Wildman–Crippen MR) is 88.1 cm³/mol. The van der Waals surface area contributed by atoms with Gasteiger partial charge in [0.15, 0.2) is 0 Å². The lowest BCUT2D eigenvalue weighted by molar-refractivity contribution is 0.210. The zero-order chi connectivity index (χ0) is 15.7. The van der Waals surface area contributed by atoms with Gasteiger partial charge in [-0.25, -0.2) is 9.80 Å². The molecule has 1 atom stereocenters. The SMILES string of the molecule is CC1(c2ccccc2)CN(C(N)=O)N=C1c1ccc(Cl)cc1. The summed E-state index contributed by atoms with van der Waals surface area (Å²) in [5, 5.41) is 6.43. The maximum Gasteiger partial charge on any atom is 0.335 e. The fourth-order valence-electron chi connectivity index (χ4n) is 2.79. The van der Waals surface area contributed by atoms with Crippen molar-refractivity contribution in [3.63, 3.8) is 0 Å². The summed E-state index contributed by atoms with van der Waals surface area (Å²) in [5.41, 5.74) is 7.84. The molecule has 1 unspecified atom stereocenters. The first-order chi connectivity index (χ1) is 10.5. The summed E-state index contributed by atoms with van der Waals surface area (Å²) >= 11 is 5.96. The Bertz CT molecular complexity index is 727. The molecule has 0 fully saturated rings. The average molecular weight is 314 g/mol. The third kappa shape index (κ3) is 2.46. The number of carbonyl (C=O) groups is 1. The first kappa shape index (κ1) is 14.6. The van der Waals surface area contributed by atoms with Crippen molar-refractivity contribution in [2.75, 3.05) is 6.54 Å². The summed E-state index contributed by atoms with van der Waals surface area (Å²) in [6.07, 6.45) is 0. The van der Waals surface area contributed by atoms with Gasteiger partial charge in [0.05, 0.1) is 17.7 Å². The smallest absolute Gasteiger partial charge is 0.335 e. The fraction of sp³-hybridized carbons (Fsp3) is 0.176. The van der Waals surface area contributed by atoms with Crippen molar-refractivity contribution < 1.29 is 4.79 Å². The molecule has 2 aromatic carbocycles. The van der Waals surface area contributed by atoms with Crippen LogP contribution in [0.1, 0.15) is 18.1 Å². The minimum Gasteiger partial charge on any atom is -0.350 e. The number of primary amides is 1. The van der Waals surface area contributed by atoms with E-state index in [4.69, 9.17) is 17.3 Å². The Morgan fingerprint density at radius 1 is 1.18 bits per heavy atom. The molecule has 0 spiro atoms. The van der Waals surface area contributed by atoms with Gasteiger partial charge in [-0.15, -0.1) is 0 Å². The molecule has 0 saturated carbocycles. The topological polar surface area (TPSA) is 58.7 Å².